The molecular weight excluding hydrogens is 114 g/mol. The molecule has 0 aromatic rings. The summed E-state index contributed by atoms with van der Waals surface area (Å²) < 4.78 is 5.11. The van der Waals surface area contributed by atoms with Crippen LogP contribution >= 0.6 is 0 Å². The summed E-state index contributed by atoms with van der Waals surface area (Å²) in [5, 5.41) is 0. The fraction of sp³-hybridized carbons (Fsp3) is 0.429. The van der Waals surface area contributed by atoms with Crippen LogP contribution in [-0.4, -0.2) is 13.2 Å². The highest BCUT2D eigenvalue weighted by molar-refractivity contribution is 5.06. The van der Waals surface area contributed by atoms with E-state index in [1.807, 2.05) is 13.0 Å². The second kappa shape index (κ2) is 5.38. The zero-order valence-electron chi connectivity index (χ0n) is 5.76. The number of rotatable bonds is 4. The summed E-state index contributed by atoms with van der Waals surface area (Å²) in [7, 11) is 0. The van der Waals surface area contributed by atoms with Crippen molar-refractivity contribution in [1.82, 2.24) is 0 Å². The van der Waals surface area contributed by atoms with E-state index in [4.69, 9.17) is 10.5 Å². The van der Waals surface area contributed by atoms with Crippen LogP contribution in [0, 0.1) is 0 Å². The first-order valence-electron chi connectivity index (χ1n) is 2.96. The van der Waals surface area contributed by atoms with Crippen molar-refractivity contribution in [3.63, 3.8) is 0 Å². The molecule has 2 N–H and O–H groups in total. The van der Waals surface area contributed by atoms with Crippen LogP contribution in [0.25, 0.3) is 0 Å². The van der Waals surface area contributed by atoms with E-state index in [1.165, 1.54) is 0 Å². The van der Waals surface area contributed by atoms with E-state index in [1.54, 1.807) is 6.08 Å². The van der Waals surface area contributed by atoms with E-state index >= 15 is 0 Å². The lowest BCUT2D eigenvalue weighted by molar-refractivity contribution is 0.233. The molecule has 0 saturated carbocycles. The van der Waals surface area contributed by atoms with Crippen molar-refractivity contribution in [3.8, 4) is 0 Å². The number of ether oxygens (including phenoxy) is 1. The Hall–Kier alpha value is -0.760. The molecule has 0 aromatic carbocycles. The van der Waals surface area contributed by atoms with Crippen molar-refractivity contribution in [1.29, 1.82) is 0 Å². The number of hydrogen-bond acceptors (Lipinski definition) is 2. The standard InChI is InChI=1S/C7H13NO/c1-3-7(4-2)9-6-5-8/h3-4H,1,5-6,8H2,2H3/b7-4+. The van der Waals surface area contributed by atoms with Crippen LogP contribution in [0.2, 0.25) is 0 Å². The predicted octanol–water partition coefficient (Wildman–Crippen LogP) is 1.05. The Morgan fingerprint density at radius 3 is 2.78 bits per heavy atom. The van der Waals surface area contributed by atoms with Gasteiger partial charge in [0.2, 0.25) is 0 Å². The summed E-state index contributed by atoms with van der Waals surface area (Å²) in [4.78, 5) is 0. The monoisotopic (exact) mass is 127 g/mol. The molecular formula is C7H13NO. The molecule has 0 fully saturated rings. The van der Waals surface area contributed by atoms with Crippen LogP contribution < -0.4 is 5.73 Å². The molecule has 0 amide bonds. The zero-order chi connectivity index (χ0) is 7.11. The molecule has 0 aliphatic heterocycles. The van der Waals surface area contributed by atoms with Gasteiger partial charge in [-0.05, 0) is 19.1 Å². The molecule has 2 heteroatoms. The lowest BCUT2D eigenvalue weighted by Crippen LogP contribution is -2.07. The molecule has 9 heavy (non-hydrogen) atoms. The Kier molecular flexibility index (Phi) is 4.92. The minimum atomic E-state index is 0.547. The van der Waals surface area contributed by atoms with Gasteiger partial charge in [0.15, 0.2) is 0 Å². The highest BCUT2D eigenvalue weighted by Gasteiger charge is 1.85. The van der Waals surface area contributed by atoms with E-state index in [9.17, 15) is 0 Å². The fourth-order valence-electron chi connectivity index (χ4n) is 0.437. The van der Waals surface area contributed by atoms with E-state index in [0.717, 1.165) is 5.76 Å². The van der Waals surface area contributed by atoms with Gasteiger partial charge in [-0.1, -0.05) is 6.58 Å². The van der Waals surface area contributed by atoms with Crippen molar-refractivity contribution in [2.24, 2.45) is 5.73 Å². The van der Waals surface area contributed by atoms with Gasteiger partial charge in [0.1, 0.15) is 12.4 Å². The maximum absolute atomic E-state index is 5.20. The van der Waals surface area contributed by atoms with Crippen molar-refractivity contribution in [2.45, 2.75) is 6.92 Å². The summed E-state index contributed by atoms with van der Waals surface area (Å²) in [6, 6.07) is 0. The van der Waals surface area contributed by atoms with Crippen LogP contribution in [0.1, 0.15) is 6.92 Å². The maximum Gasteiger partial charge on any atom is 0.114 e. The van der Waals surface area contributed by atoms with E-state index in [2.05, 4.69) is 6.58 Å². The molecule has 0 aliphatic rings. The Labute approximate surface area is 56.0 Å². The third-order valence-electron chi connectivity index (χ3n) is 0.872. The number of allylic oxidation sites excluding steroid dienone is 2. The van der Waals surface area contributed by atoms with E-state index in [0.29, 0.717) is 13.2 Å². The second-order valence-electron chi connectivity index (χ2n) is 1.53. The van der Waals surface area contributed by atoms with Crippen LogP contribution in [-0.2, 0) is 4.74 Å². The quantitative estimate of drug-likeness (QED) is 0.452. The summed E-state index contributed by atoms with van der Waals surface area (Å²) in [6.07, 6.45) is 3.51. The number of hydrogen-bond donors (Lipinski definition) is 1. The Morgan fingerprint density at radius 1 is 1.78 bits per heavy atom. The fourth-order valence-corrected chi connectivity index (χ4v) is 0.437. The minimum absolute atomic E-state index is 0.547. The lowest BCUT2D eigenvalue weighted by Gasteiger charge is -2.02. The first-order chi connectivity index (χ1) is 4.35. The summed E-state index contributed by atoms with van der Waals surface area (Å²) in [5.74, 6) is 0.792. The highest BCUT2D eigenvalue weighted by atomic mass is 16.5. The highest BCUT2D eigenvalue weighted by Crippen LogP contribution is 1.95. The molecule has 52 valence electrons. The van der Waals surface area contributed by atoms with Gasteiger partial charge >= 0.3 is 0 Å². The van der Waals surface area contributed by atoms with Crippen molar-refractivity contribution in [2.75, 3.05) is 13.2 Å². The van der Waals surface area contributed by atoms with Gasteiger partial charge in [-0.15, -0.1) is 0 Å². The van der Waals surface area contributed by atoms with Crippen LogP contribution in [0.4, 0.5) is 0 Å². The molecule has 0 atom stereocenters. The topological polar surface area (TPSA) is 35.2 Å². The zero-order valence-corrected chi connectivity index (χ0v) is 5.76. The largest absolute Gasteiger partial charge is 0.493 e. The third-order valence-corrected chi connectivity index (χ3v) is 0.872. The smallest absolute Gasteiger partial charge is 0.114 e. The molecule has 0 saturated heterocycles. The molecule has 0 aliphatic carbocycles. The van der Waals surface area contributed by atoms with Gasteiger partial charge in [0.05, 0.1) is 0 Å². The molecule has 0 bridgehead atoms. The first kappa shape index (κ1) is 8.24. The van der Waals surface area contributed by atoms with E-state index < -0.39 is 0 Å². The molecule has 0 radical (unpaired) electrons. The van der Waals surface area contributed by atoms with Crippen LogP contribution in [0.3, 0.4) is 0 Å². The van der Waals surface area contributed by atoms with Gasteiger partial charge in [0, 0.05) is 6.54 Å². The Balaban J connectivity index is 3.45. The second-order valence-corrected chi connectivity index (χ2v) is 1.53. The molecule has 2 nitrogen and oxygen atoms in total. The SMILES string of the molecule is C=C/C(=C\C)OCCN. The average molecular weight is 127 g/mol. The van der Waals surface area contributed by atoms with Crippen molar-refractivity contribution < 1.29 is 4.74 Å². The normalized spacial score (nSPS) is 11.1. The third kappa shape index (κ3) is 3.79. The van der Waals surface area contributed by atoms with Crippen molar-refractivity contribution in [3.05, 3.63) is 24.5 Å². The van der Waals surface area contributed by atoms with Crippen molar-refractivity contribution >= 4 is 0 Å². The van der Waals surface area contributed by atoms with Gasteiger partial charge in [-0.25, -0.2) is 0 Å². The summed E-state index contributed by atoms with van der Waals surface area (Å²) in [6.45, 7) is 6.56. The molecule has 0 aromatic heterocycles. The Morgan fingerprint density at radius 2 is 2.44 bits per heavy atom. The predicted molar refractivity (Wildman–Crippen MR) is 39.0 cm³/mol. The minimum Gasteiger partial charge on any atom is -0.493 e. The van der Waals surface area contributed by atoms with Crippen LogP contribution in [0.15, 0.2) is 24.5 Å². The average Bonchev–Trinajstić information content (AvgIpc) is 1.91. The molecule has 0 unspecified atom stereocenters. The maximum atomic E-state index is 5.20. The molecule has 0 heterocycles. The van der Waals surface area contributed by atoms with Gasteiger partial charge < -0.3 is 10.5 Å². The van der Waals surface area contributed by atoms with E-state index in [-0.39, 0.29) is 0 Å². The number of nitrogens with two attached hydrogens (primary N) is 1. The summed E-state index contributed by atoms with van der Waals surface area (Å²) >= 11 is 0. The molecule has 0 rings (SSSR count). The van der Waals surface area contributed by atoms with Gasteiger partial charge in [-0.2, -0.15) is 0 Å². The van der Waals surface area contributed by atoms with Crippen LogP contribution in [0.5, 0.6) is 0 Å². The Bertz CT molecular complexity index is 107. The summed E-state index contributed by atoms with van der Waals surface area (Å²) in [5.41, 5.74) is 5.20. The first-order valence-corrected chi connectivity index (χ1v) is 2.96. The molecule has 0 spiro atoms. The lowest BCUT2D eigenvalue weighted by atomic mass is 10.4. The van der Waals surface area contributed by atoms with Gasteiger partial charge in [-0.3, -0.25) is 0 Å². The van der Waals surface area contributed by atoms with Gasteiger partial charge in [0.25, 0.3) is 0 Å².